The van der Waals surface area contributed by atoms with Crippen molar-refractivity contribution in [3.63, 3.8) is 0 Å². The van der Waals surface area contributed by atoms with Crippen LogP contribution in [0.5, 0.6) is 5.75 Å². The number of imidazole rings is 2. The topological polar surface area (TPSA) is 108 Å². The van der Waals surface area contributed by atoms with E-state index in [9.17, 15) is 9.59 Å². The molecule has 0 radical (unpaired) electrons. The van der Waals surface area contributed by atoms with E-state index in [2.05, 4.69) is 10.3 Å². The van der Waals surface area contributed by atoms with Crippen LogP contribution >= 0.6 is 0 Å². The predicted octanol–water partition coefficient (Wildman–Crippen LogP) is 3.49. The molecule has 0 aromatic carbocycles. The van der Waals surface area contributed by atoms with Crippen LogP contribution in [-0.2, 0) is 9.47 Å². The molecule has 0 amide bonds. The number of carbonyl (C=O) groups is 2. The highest BCUT2D eigenvalue weighted by Crippen LogP contribution is 2.33. The number of ether oxygens (including phenoxy) is 3. The van der Waals surface area contributed by atoms with Gasteiger partial charge in [-0.3, -0.25) is 13.6 Å². The molecular formula is C24H27N5O5. The minimum absolute atomic E-state index is 0.172. The van der Waals surface area contributed by atoms with Crippen molar-refractivity contribution in [2.45, 2.75) is 20.3 Å². The van der Waals surface area contributed by atoms with Gasteiger partial charge < -0.3 is 19.5 Å². The van der Waals surface area contributed by atoms with Gasteiger partial charge in [0, 0.05) is 39.0 Å². The van der Waals surface area contributed by atoms with Crippen LogP contribution in [0.4, 0.5) is 5.82 Å². The van der Waals surface area contributed by atoms with Gasteiger partial charge in [-0.25, -0.2) is 14.8 Å². The SMILES string of the molecule is CCCOc1ccn2c(C(C)=O)nc(-c3nc4ccc(C(=O)OC)cn4c3NCCOC)c2c1. The van der Waals surface area contributed by atoms with E-state index in [4.69, 9.17) is 19.2 Å². The first kappa shape index (κ1) is 23.2. The lowest BCUT2D eigenvalue weighted by Crippen LogP contribution is -2.11. The van der Waals surface area contributed by atoms with Crippen molar-refractivity contribution in [3.05, 3.63) is 48.0 Å². The Bertz CT molecular complexity index is 1360. The number of pyridine rings is 2. The van der Waals surface area contributed by atoms with Crippen LogP contribution in [0.2, 0.25) is 0 Å². The third kappa shape index (κ3) is 4.32. The van der Waals surface area contributed by atoms with Crippen molar-refractivity contribution in [1.82, 2.24) is 18.8 Å². The minimum Gasteiger partial charge on any atom is -0.493 e. The van der Waals surface area contributed by atoms with E-state index < -0.39 is 5.97 Å². The maximum Gasteiger partial charge on any atom is 0.339 e. The minimum atomic E-state index is -0.455. The number of Topliss-reactive ketones (excluding diaryl/α,β-unsaturated/α-hetero) is 1. The Labute approximate surface area is 196 Å². The molecule has 0 aliphatic carbocycles. The fourth-order valence-corrected chi connectivity index (χ4v) is 3.69. The van der Waals surface area contributed by atoms with Crippen molar-refractivity contribution in [1.29, 1.82) is 0 Å². The molecule has 4 rings (SSSR count). The van der Waals surface area contributed by atoms with Crippen molar-refractivity contribution in [2.75, 3.05) is 39.3 Å². The Morgan fingerprint density at radius 2 is 1.88 bits per heavy atom. The monoisotopic (exact) mass is 465 g/mol. The molecule has 4 aromatic heterocycles. The summed E-state index contributed by atoms with van der Waals surface area (Å²) in [5, 5.41) is 3.33. The molecule has 0 bridgehead atoms. The van der Waals surface area contributed by atoms with E-state index in [1.54, 1.807) is 40.4 Å². The normalized spacial score (nSPS) is 11.2. The molecule has 34 heavy (non-hydrogen) atoms. The predicted molar refractivity (Wildman–Crippen MR) is 127 cm³/mol. The average Bonchev–Trinajstić information content (AvgIpc) is 3.40. The Balaban J connectivity index is 1.95. The smallest absolute Gasteiger partial charge is 0.339 e. The highest BCUT2D eigenvalue weighted by Gasteiger charge is 2.23. The van der Waals surface area contributed by atoms with Crippen LogP contribution in [0.25, 0.3) is 22.6 Å². The van der Waals surface area contributed by atoms with E-state index >= 15 is 0 Å². The van der Waals surface area contributed by atoms with Crippen LogP contribution in [-0.4, -0.2) is 64.5 Å². The van der Waals surface area contributed by atoms with E-state index in [-0.39, 0.29) is 5.78 Å². The molecule has 178 valence electrons. The summed E-state index contributed by atoms with van der Waals surface area (Å²) in [6.07, 6.45) is 4.31. The van der Waals surface area contributed by atoms with Crippen LogP contribution in [0.1, 0.15) is 41.2 Å². The summed E-state index contributed by atoms with van der Waals surface area (Å²) in [6, 6.07) is 7.05. The van der Waals surface area contributed by atoms with Crippen molar-refractivity contribution in [3.8, 4) is 17.1 Å². The number of carbonyl (C=O) groups excluding carboxylic acids is 2. The number of aromatic nitrogens is 4. The van der Waals surface area contributed by atoms with Crippen molar-refractivity contribution < 1.29 is 23.8 Å². The number of anilines is 1. The number of hydrogen-bond donors (Lipinski definition) is 1. The summed E-state index contributed by atoms with van der Waals surface area (Å²) in [5.41, 5.74) is 2.73. The standard InChI is InChI=1S/C24H27N5O5/c1-5-11-34-17-8-10-28-18(13-17)20(27-22(28)15(2)30)21-23(25-9-12-32-3)29-14-16(24(31)33-4)6-7-19(29)26-21/h6-8,10,13-14,25H,5,9,11-12H2,1-4H3. The van der Waals surface area contributed by atoms with Gasteiger partial charge in [0.1, 0.15) is 28.6 Å². The number of methoxy groups -OCH3 is 2. The first-order valence-electron chi connectivity index (χ1n) is 11.0. The van der Waals surface area contributed by atoms with E-state index in [1.807, 2.05) is 19.1 Å². The maximum absolute atomic E-state index is 12.4. The van der Waals surface area contributed by atoms with Crippen molar-refractivity contribution >= 4 is 28.7 Å². The van der Waals surface area contributed by atoms with Crippen LogP contribution < -0.4 is 10.1 Å². The fourth-order valence-electron chi connectivity index (χ4n) is 3.69. The molecule has 4 heterocycles. The third-order valence-corrected chi connectivity index (χ3v) is 5.27. The number of hydrogen-bond acceptors (Lipinski definition) is 8. The number of rotatable bonds is 10. The molecule has 0 spiro atoms. The molecule has 0 unspecified atom stereocenters. The highest BCUT2D eigenvalue weighted by atomic mass is 16.5. The number of fused-ring (bicyclic) bond motifs is 2. The summed E-state index contributed by atoms with van der Waals surface area (Å²) in [5.74, 6) is 0.962. The summed E-state index contributed by atoms with van der Waals surface area (Å²) in [7, 11) is 2.95. The van der Waals surface area contributed by atoms with Gasteiger partial charge in [0.05, 0.1) is 31.4 Å². The molecule has 0 fully saturated rings. The zero-order valence-corrected chi connectivity index (χ0v) is 19.6. The maximum atomic E-state index is 12.4. The second kappa shape index (κ2) is 9.92. The van der Waals surface area contributed by atoms with Crippen LogP contribution in [0.15, 0.2) is 36.7 Å². The lowest BCUT2D eigenvalue weighted by molar-refractivity contribution is 0.0600. The van der Waals surface area contributed by atoms with Gasteiger partial charge >= 0.3 is 5.97 Å². The zero-order chi connectivity index (χ0) is 24.2. The van der Waals surface area contributed by atoms with E-state index in [0.29, 0.717) is 65.3 Å². The molecule has 0 saturated heterocycles. The molecule has 0 aliphatic rings. The Morgan fingerprint density at radius 1 is 1.06 bits per heavy atom. The third-order valence-electron chi connectivity index (χ3n) is 5.27. The fraction of sp³-hybridized carbons (Fsp3) is 0.333. The molecule has 0 saturated carbocycles. The zero-order valence-electron chi connectivity index (χ0n) is 19.6. The van der Waals surface area contributed by atoms with Gasteiger partial charge in [-0.2, -0.15) is 0 Å². The molecule has 10 heteroatoms. The molecule has 10 nitrogen and oxygen atoms in total. The lowest BCUT2D eigenvalue weighted by atomic mass is 10.2. The Morgan fingerprint density at radius 3 is 2.59 bits per heavy atom. The van der Waals surface area contributed by atoms with Crippen LogP contribution in [0.3, 0.4) is 0 Å². The first-order chi connectivity index (χ1) is 16.5. The van der Waals surface area contributed by atoms with Gasteiger partial charge in [0.2, 0.25) is 0 Å². The molecule has 0 aliphatic heterocycles. The Kier molecular flexibility index (Phi) is 6.78. The number of nitrogens with zero attached hydrogens (tertiary/aromatic N) is 4. The summed E-state index contributed by atoms with van der Waals surface area (Å²) in [4.78, 5) is 33.9. The van der Waals surface area contributed by atoms with Crippen LogP contribution in [0, 0.1) is 0 Å². The quantitative estimate of drug-likeness (QED) is 0.215. The van der Waals surface area contributed by atoms with E-state index in [0.717, 1.165) is 6.42 Å². The summed E-state index contributed by atoms with van der Waals surface area (Å²) < 4.78 is 19.4. The number of ketones is 1. The van der Waals surface area contributed by atoms with Gasteiger partial charge in [-0.1, -0.05) is 6.92 Å². The molecule has 1 N–H and O–H groups in total. The average molecular weight is 466 g/mol. The van der Waals surface area contributed by atoms with Gasteiger partial charge in [0.25, 0.3) is 0 Å². The molecule has 0 atom stereocenters. The van der Waals surface area contributed by atoms with Gasteiger partial charge in [0.15, 0.2) is 11.6 Å². The van der Waals surface area contributed by atoms with E-state index in [1.165, 1.54) is 14.0 Å². The lowest BCUT2D eigenvalue weighted by Gasteiger charge is -2.09. The second-order valence-electron chi connectivity index (χ2n) is 7.67. The summed E-state index contributed by atoms with van der Waals surface area (Å²) >= 11 is 0. The summed E-state index contributed by atoms with van der Waals surface area (Å²) in [6.45, 7) is 5.04. The van der Waals surface area contributed by atoms with Gasteiger partial charge in [-0.05, 0) is 24.6 Å². The first-order valence-corrected chi connectivity index (χ1v) is 11.0. The highest BCUT2D eigenvalue weighted by molar-refractivity contribution is 5.96. The largest absolute Gasteiger partial charge is 0.493 e. The van der Waals surface area contributed by atoms with Gasteiger partial charge in [-0.15, -0.1) is 0 Å². The molecular weight excluding hydrogens is 438 g/mol. The Hall–Kier alpha value is -3.92. The molecule has 4 aromatic rings. The second-order valence-corrected chi connectivity index (χ2v) is 7.67. The number of esters is 1. The number of nitrogens with one attached hydrogen (secondary N) is 1. The van der Waals surface area contributed by atoms with Crippen molar-refractivity contribution in [2.24, 2.45) is 0 Å².